The summed E-state index contributed by atoms with van der Waals surface area (Å²) < 4.78 is 1.52. The first-order valence-electron chi connectivity index (χ1n) is 6.03. The Balaban J connectivity index is 2.09. The number of thiophene rings is 1. The van der Waals surface area contributed by atoms with Crippen LogP contribution in [-0.4, -0.2) is 15.7 Å². The fraction of sp³-hybridized carbons (Fsp3) is 0.385. The Morgan fingerprint density at radius 2 is 2.16 bits per heavy atom. The predicted molar refractivity (Wildman–Crippen MR) is 77.3 cm³/mol. The molecule has 0 saturated carbocycles. The average Bonchev–Trinajstić information content (AvgIpc) is 2.78. The van der Waals surface area contributed by atoms with Crippen molar-refractivity contribution in [3.63, 3.8) is 0 Å². The van der Waals surface area contributed by atoms with E-state index in [9.17, 15) is 4.79 Å². The normalized spacial score (nSPS) is 10.7. The van der Waals surface area contributed by atoms with Crippen LogP contribution in [0, 0.1) is 20.8 Å². The fourth-order valence-electron chi connectivity index (χ4n) is 1.93. The number of aromatic nitrogens is 2. The second-order valence-electron chi connectivity index (χ2n) is 4.61. The van der Waals surface area contributed by atoms with Crippen LogP contribution in [0.15, 0.2) is 6.07 Å². The summed E-state index contributed by atoms with van der Waals surface area (Å²) in [5, 5.41) is 7.02. The molecule has 19 heavy (non-hydrogen) atoms. The summed E-state index contributed by atoms with van der Waals surface area (Å²) >= 11 is 1.70. The Labute approximate surface area is 116 Å². The van der Waals surface area contributed by atoms with Crippen molar-refractivity contribution in [1.29, 1.82) is 0 Å². The van der Waals surface area contributed by atoms with E-state index in [0.717, 1.165) is 4.88 Å². The fourth-order valence-corrected chi connectivity index (χ4v) is 2.92. The standard InChI is InChI=1S/C13H18N4OS/c1-7-5-10(19-9(7)3)6-15-13(18)12-11(14)8(2)16-17(12)4/h5H,6,14H2,1-4H3,(H,15,18). The van der Waals surface area contributed by atoms with Crippen molar-refractivity contribution < 1.29 is 4.79 Å². The summed E-state index contributed by atoms with van der Waals surface area (Å²) in [7, 11) is 1.72. The van der Waals surface area contributed by atoms with Crippen LogP contribution in [0.2, 0.25) is 0 Å². The van der Waals surface area contributed by atoms with Crippen molar-refractivity contribution in [2.45, 2.75) is 27.3 Å². The quantitative estimate of drug-likeness (QED) is 0.901. The first kappa shape index (κ1) is 13.6. The molecule has 0 aliphatic rings. The summed E-state index contributed by atoms with van der Waals surface area (Å²) in [6.07, 6.45) is 0. The van der Waals surface area contributed by atoms with Crippen LogP contribution < -0.4 is 11.1 Å². The maximum absolute atomic E-state index is 12.1. The highest BCUT2D eigenvalue weighted by molar-refractivity contribution is 7.12. The Morgan fingerprint density at radius 3 is 2.63 bits per heavy atom. The van der Waals surface area contributed by atoms with Crippen LogP contribution >= 0.6 is 11.3 Å². The molecule has 6 heteroatoms. The maximum atomic E-state index is 12.1. The third kappa shape index (κ3) is 2.63. The van der Waals surface area contributed by atoms with Gasteiger partial charge in [0.1, 0.15) is 5.69 Å². The highest BCUT2D eigenvalue weighted by Gasteiger charge is 2.17. The number of hydrogen-bond donors (Lipinski definition) is 2. The van der Waals surface area contributed by atoms with Gasteiger partial charge in [0.05, 0.1) is 17.9 Å². The van der Waals surface area contributed by atoms with E-state index < -0.39 is 0 Å². The Hall–Kier alpha value is -1.82. The first-order chi connectivity index (χ1) is 8.90. The molecule has 0 bridgehead atoms. The van der Waals surface area contributed by atoms with E-state index in [-0.39, 0.29) is 5.91 Å². The predicted octanol–water partition coefficient (Wildman–Crippen LogP) is 1.92. The summed E-state index contributed by atoms with van der Waals surface area (Å²) in [5.41, 5.74) is 8.65. The molecule has 0 aliphatic heterocycles. The van der Waals surface area contributed by atoms with Gasteiger partial charge in [-0.25, -0.2) is 0 Å². The molecule has 0 atom stereocenters. The van der Waals surface area contributed by atoms with Gasteiger partial charge in [-0.15, -0.1) is 11.3 Å². The molecule has 3 N–H and O–H groups in total. The molecule has 2 heterocycles. The number of nitrogen functional groups attached to an aromatic ring is 1. The van der Waals surface area contributed by atoms with Crippen LogP contribution in [0.4, 0.5) is 5.69 Å². The van der Waals surface area contributed by atoms with E-state index >= 15 is 0 Å². The van der Waals surface area contributed by atoms with Gasteiger partial charge in [0, 0.05) is 16.8 Å². The number of anilines is 1. The molecule has 0 radical (unpaired) electrons. The first-order valence-corrected chi connectivity index (χ1v) is 6.85. The third-order valence-electron chi connectivity index (χ3n) is 3.12. The van der Waals surface area contributed by atoms with Gasteiger partial charge in [0.2, 0.25) is 0 Å². The zero-order valence-electron chi connectivity index (χ0n) is 11.6. The maximum Gasteiger partial charge on any atom is 0.271 e. The second kappa shape index (κ2) is 5.05. The summed E-state index contributed by atoms with van der Waals surface area (Å²) in [4.78, 5) is 14.5. The number of nitrogens with zero attached hydrogens (tertiary/aromatic N) is 2. The third-order valence-corrected chi connectivity index (χ3v) is 4.28. The van der Waals surface area contributed by atoms with Crippen molar-refractivity contribution in [2.75, 3.05) is 5.73 Å². The molecule has 0 aromatic carbocycles. The van der Waals surface area contributed by atoms with Crippen LogP contribution in [0.1, 0.15) is 31.5 Å². The highest BCUT2D eigenvalue weighted by atomic mass is 32.1. The number of aryl methyl sites for hydroxylation is 4. The number of rotatable bonds is 3. The molecule has 0 aliphatic carbocycles. The van der Waals surface area contributed by atoms with Crippen LogP contribution in [0.3, 0.4) is 0 Å². The molecule has 5 nitrogen and oxygen atoms in total. The molecule has 102 valence electrons. The number of nitrogens with two attached hydrogens (primary N) is 1. The molecule has 2 aromatic heterocycles. The van der Waals surface area contributed by atoms with Gasteiger partial charge in [-0.1, -0.05) is 0 Å². The van der Waals surface area contributed by atoms with Crippen molar-refractivity contribution in [2.24, 2.45) is 7.05 Å². The molecular formula is C13H18N4OS. The zero-order chi connectivity index (χ0) is 14.2. The van der Waals surface area contributed by atoms with Gasteiger partial charge in [0.25, 0.3) is 5.91 Å². The molecule has 0 fully saturated rings. The lowest BCUT2D eigenvalue weighted by atomic mass is 10.2. The molecule has 0 spiro atoms. The topological polar surface area (TPSA) is 72.9 Å². The van der Waals surface area contributed by atoms with Gasteiger partial charge < -0.3 is 11.1 Å². The average molecular weight is 278 g/mol. The molecule has 2 rings (SSSR count). The molecular weight excluding hydrogens is 260 g/mol. The minimum absolute atomic E-state index is 0.190. The number of carbonyl (C=O) groups excluding carboxylic acids is 1. The lowest BCUT2D eigenvalue weighted by Crippen LogP contribution is -2.25. The monoisotopic (exact) mass is 278 g/mol. The Kier molecular flexibility index (Phi) is 3.61. The smallest absolute Gasteiger partial charge is 0.271 e. The molecule has 0 saturated heterocycles. The van der Waals surface area contributed by atoms with Gasteiger partial charge in [-0.2, -0.15) is 5.10 Å². The zero-order valence-corrected chi connectivity index (χ0v) is 12.4. The number of nitrogens with one attached hydrogen (secondary N) is 1. The molecule has 0 unspecified atom stereocenters. The summed E-state index contributed by atoms with van der Waals surface area (Å²) in [6.45, 7) is 6.45. The van der Waals surface area contributed by atoms with Crippen molar-refractivity contribution in [1.82, 2.24) is 15.1 Å². The number of amides is 1. The van der Waals surface area contributed by atoms with E-state index in [4.69, 9.17) is 5.73 Å². The van der Waals surface area contributed by atoms with Crippen LogP contribution in [0.25, 0.3) is 0 Å². The van der Waals surface area contributed by atoms with Gasteiger partial charge >= 0.3 is 0 Å². The van der Waals surface area contributed by atoms with Crippen molar-refractivity contribution in [3.8, 4) is 0 Å². The largest absolute Gasteiger partial charge is 0.395 e. The summed E-state index contributed by atoms with van der Waals surface area (Å²) in [6, 6.07) is 2.10. The van der Waals surface area contributed by atoms with E-state index in [2.05, 4.69) is 30.3 Å². The highest BCUT2D eigenvalue weighted by Crippen LogP contribution is 2.21. The summed E-state index contributed by atoms with van der Waals surface area (Å²) in [5.74, 6) is -0.190. The number of carbonyl (C=O) groups is 1. The van der Waals surface area contributed by atoms with E-state index in [1.165, 1.54) is 15.1 Å². The van der Waals surface area contributed by atoms with E-state index in [1.807, 2.05) is 0 Å². The van der Waals surface area contributed by atoms with Gasteiger partial charge in [-0.3, -0.25) is 9.48 Å². The SMILES string of the molecule is Cc1cc(CNC(=O)c2c(N)c(C)nn2C)sc1C. The van der Waals surface area contributed by atoms with Crippen molar-refractivity contribution in [3.05, 3.63) is 32.8 Å². The van der Waals surface area contributed by atoms with E-state index in [1.54, 1.807) is 25.3 Å². The van der Waals surface area contributed by atoms with Gasteiger partial charge in [0.15, 0.2) is 0 Å². The minimum Gasteiger partial charge on any atom is -0.395 e. The Morgan fingerprint density at radius 1 is 1.47 bits per heavy atom. The van der Waals surface area contributed by atoms with Crippen molar-refractivity contribution >= 4 is 22.9 Å². The molecule has 2 aromatic rings. The molecule has 1 amide bonds. The lowest BCUT2D eigenvalue weighted by molar-refractivity contribution is 0.0943. The van der Waals surface area contributed by atoms with Gasteiger partial charge in [-0.05, 0) is 32.4 Å². The Bertz CT molecular complexity index is 607. The number of hydrogen-bond acceptors (Lipinski definition) is 4. The van der Waals surface area contributed by atoms with Crippen LogP contribution in [0.5, 0.6) is 0 Å². The second-order valence-corrected chi connectivity index (χ2v) is 5.95. The minimum atomic E-state index is -0.190. The van der Waals surface area contributed by atoms with Crippen LogP contribution in [-0.2, 0) is 13.6 Å². The lowest BCUT2D eigenvalue weighted by Gasteiger charge is -2.04. The van der Waals surface area contributed by atoms with E-state index in [0.29, 0.717) is 23.6 Å².